The molecule has 0 unspecified atom stereocenters. The van der Waals surface area contributed by atoms with Crippen molar-refractivity contribution in [1.29, 1.82) is 0 Å². The number of hydrogen-bond acceptors (Lipinski definition) is 2. The van der Waals surface area contributed by atoms with Gasteiger partial charge in [-0.05, 0) is 30.5 Å². The van der Waals surface area contributed by atoms with Gasteiger partial charge in [-0.1, -0.05) is 40.9 Å². The molecule has 0 radical (unpaired) electrons. The minimum absolute atomic E-state index is 0.0600. The van der Waals surface area contributed by atoms with Gasteiger partial charge in [0.05, 0.1) is 6.54 Å². The zero-order chi connectivity index (χ0) is 13.0. The van der Waals surface area contributed by atoms with E-state index in [4.69, 9.17) is 5.73 Å². The highest BCUT2D eigenvalue weighted by molar-refractivity contribution is 9.10. The van der Waals surface area contributed by atoms with E-state index >= 15 is 0 Å². The van der Waals surface area contributed by atoms with Crippen LogP contribution in [-0.2, 0) is 11.3 Å². The molecule has 1 saturated carbocycles. The van der Waals surface area contributed by atoms with Gasteiger partial charge in [0.15, 0.2) is 0 Å². The monoisotopic (exact) mass is 310 g/mol. The summed E-state index contributed by atoms with van der Waals surface area (Å²) in [6, 6.07) is 8.50. The predicted molar refractivity (Wildman–Crippen MR) is 76.0 cm³/mol. The molecule has 3 nitrogen and oxygen atoms in total. The summed E-state index contributed by atoms with van der Waals surface area (Å²) in [6.45, 7) is 0.779. The van der Waals surface area contributed by atoms with Crippen LogP contribution >= 0.6 is 15.9 Å². The Morgan fingerprint density at radius 2 is 1.89 bits per heavy atom. The second kappa shape index (κ2) is 6.34. The van der Waals surface area contributed by atoms with E-state index < -0.39 is 0 Å². The van der Waals surface area contributed by atoms with E-state index in [1.165, 1.54) is 12.8 Å². The molecule has 0 spiro atoms. The quantitative estimate of drug-likeness (QED) is 0.929. The zero-order valence-corrected chi connectivity index (χ0v) is 12.0. The third-order valence-corrected chi connectivity index (χ3v) is 4.06. The lowest BCUT2D eigenvalue weighted by atomic mass is 10.1. The van der Waals surface area contributed by atoms with Crippen molar-refractivity contribution in [3.63, 3.8) is 0 Å². The third kappa shape index (κ3) is 3.33. The van der Waals surface area contributed by atoms with Crippen molar-refractivity contribution in [2.75, 3.05) is 6.54 Å². The summed E-state index contributed by atoms with van der Waals surface area (Å²) >= 11 is 3.42. The summed E-state index contributed by atoms with van der Waals surface area (Å²) in [5.41, 5.74) is 6.68. The van der Waals surface area contributed by atoms with Gasteiger partial charge in [-0.25, -0.2) is 0 Å². The van der Waals surface area contributed by atoms with Crippen molar-refractivity contribution >= 4 is 21.8 Å². The first-order valence-electron chi connectivity index (χ1n) is 6.44. The molecule has 1 aromatic carbocycles. The Morgan fingerprint density at radius 1 is 1.28 bits per heavy atom. The molecule has 0 bridgehead atoms. The van der Waals surface area contributed by atoms with Gasteiger partial charge in [-0.3, -0.25) is 4.79 Å². The zero-order valence-electron chi connectivity index (χ0n) is 10.4. The maximum absolute atomic E-state index is 12.0. The minimum Gasteiger partial charge on any atom is -0.334 e. The van der Waals surface area contributed by atoms with Gasteiger partial charge in [0.2, 0.25) is 5.91 Å². The van der Waals surface area contributed by atoms with Crippen molar-refractivity contribution in [2.45, 2.75) is 38.3 Å². The molecule has 18 heavy (non-hydrogen) atoms. The number of halogens is 1. The third-order valence-electron chi connectivity index (χ3n) is 3.53. The van der Waals surface area contributed by atoms with Crippen molar-refractivity contribution in [3.05, 3.63) is 34.3 Å². The Bertz CT molecular complexity index is 399. The molecular weight excluding hydrogens is 292 g/mol. The largest absolute Gasteiger partial charge is 0.334 e. The van der Waals surface area contributed by atoms with E-state index in [1.807, 2.05) is 17.0 Å². The van der Waals surface area contributed by atoms with Crippen LogP contribution in [0.3, 0.4) is 0 Å². The van der Waals surface area contributed by atoms with Gasteiger partial charge in [0, 0.05) is 17.1 Å². The second-order valence-electron chi connectivity index (χ2n) is 4.79. The van der Waals surface area contributed by atoms with E-state index in [0.717, 1.165) is 22.9 Å². The number of hydrogen-bond donors (Lipinski definition) is 1. The van der Waals surface area contributed by atoms with Crippen LogP contribution in [0.15, 0.2) is 28.7 Å². The topological polar surface area (TPSA) is 46.3 Å². The van der Waals surface area contributed by atoms with Crippen molar-refractivity contribution in [3.8, 4) is 0 Å². The predicted octanol–water partition coefficient (Wildman–Crippen LogP) is 2.68. The fraction of sp³-hybridized carbons (Fsp3) is 0.500. The summed E-state index contributed by atoms with van der Waals surface area (Å²) in [5.74, 6) is 0.0600. The normalized spacial score (nSPS) is 15.9. The molecule has 2 rings (SSSR count). The van der Waals surface area contributed by atoms with E-state index in [9.17, 15) is 4.79 Å². The number of nitrogens with two attached hydrogens (primary N) is 1. The van der Waals surface area contributed by atoms with E-state index in [-0.39, 0.29) is 12.5 Å². The molecule has 1 amide bonds. The molecule has 0 atom stereocenters. The van der Waals surface area contributed by atoms with Crippen molar-refractivity contribution in [2.24, 2.45) is 5.73 Å². The number of nitrogens with zero attached hydrogens (tertiary/aromatic N) is 1. The van der Waals surface area contributed by atoms with E-state index in [1.54, 1.807) is 0 Å². The molecule has 1 fully saturated rings. The van der Waals surface area contributed by atoms with E-state index in [0.29, 0.717) is 12.6 Å². The Morgan fingerprint density at radius 3 is 2.44 bits per heavy atom. The smallest absolute Gasteiger partial charge is 0.236 e. The minimum atomic E-state index is 0.0600. The van der Waals surface area contributed by atoms with Gasteiger partial charge in [0.25, 0.3) is 0 Å². The molecule has 0 saturated heterocycles. The van der Waals surface area contributed by atoms with Crippen molar-refractivity contribution in [1.82, 2.24) is 4.90 Å². The van der Waals surface area contributed by atoms with Gasteiger partial charge < -0.3 is 10.6 Å². The van der Waals surface area contributed by atoms with Crippen LogP contribution < -0.4 is 5.73 Å². The molecule has 1 aliphatic rings. The highest BCUT2D eigenvalue weighted by Crippen LogP contribution is 2.25. The maximum Gasteiger partial charge on any atom is 0.236 e. The lowest BCUT2D eigenvalue weighted by molar-refractivity contribution is -0.132. The van der Waals surface area contributed by atoms with Crippen LogP contribution in [0.2, 0.25) is 0 Å². The lowest BCUT2D eigenvalue weighted by Gasteiger charge is -2.28. The molecule has 2 N–H and O–H groups in total. The highest BCUT2D eigenvalue weighted by Gasteiger charge is 2.25. The number of carbonyl (C=O) groups is 1. The van der Waals surface area contributed by atoms with Crippen LogP contribution in [0.25, 0.3) is 0 Å². The molecular formula is C14H19BrN2O. The first kappa shape index (κ1) is 13.6. The molecule has 4 heteroatoms. The van der Waals surface area contributed by atoms with Crippen LogP contribution in [0.1, 0.15) is 31.2 Å². The van der Waals surface area contributed by atoms with Crippen molar-refractivity contribution < 1.29 is 4.79 Å². The fourth-order valence-corrected chi connectivity index (χ4v) is 2.80. The lowest BCUT2D eigenvalue weighted by Crippen LogP contribution is -2.41. The molecule has 98 valence electrons. The fourth-order valence-electron chi connectivity index (χ4n) is 2.54. The Kier molecular flexibility index (Phi) is 4.78. The summed E-state index contributed by atoms with van der Waals surface area (Å²) in [5, 5.41) is 0. The van der Waals surface area contributed by atoms with Gasteiger partial charge in [-0.15, -0.1) is 0 Å². The average molecular weight is 311 g/mol. The molecule has 0 aromatic heterocycles. The Labute approximate surface area is 116 Å². The standard InChI is InChI=1S/C14H19BrN2O/c15-12-7-5-11(6-8-12)10-17(14(18)9-16)13-3-1-2-4-13/h5-8,13H,1-4,9-10,16H2. The molecule has 0 aliphatic heterocycles. The van der Waals surface area contributed by atoms with Gasteiger partial charge in [-0.2, -0.15) is 0 Å². The number of carbonyl (C=O) groups excluding carboxylic acids is 1. The van der Waals surface area contributed by atoms with Crippen LogP contribution in [0.4, 0.5) is 0 Å². The summed E-state index contributed by atoms with van der Waals surface area (Å²) in [6.07, 6.45) is 4.67. The number of rotatable bonds is 4. The van der Waals surface area contributed by atoms with Crippen LogP contribution in [0.5, 0.6) is 0 Å². The highest BCUT2D eigenvalue weighted by atomic mass is 79.9. The Hall–Kier alpha value is -0.870. The SMILES string of the molecule is NCC(=O)N(Cc1ccc(Br)cc1)C1CCCC1. The molecule has 1 aromatic rings. The average Bonchev–Trinajstić information content (AvgIpc) is 2.91. The van der Waals surface area contributed by atoms with Crippen LogP contribution in [-0.4, -0.2) is 23.4 Å². The summed E-state index contributed by atoms with van der Waals surface area (Å²) in [7, 11) is 0. The van der Waals surface area contributed by atoms with Gasteiger partial charge in [0.1, 0.15) is 0 Å². The Balaban J connectivity index is 2.09. The number of benzene rings is 1. The molecule has 0 heterocycles. The van der Waals surface area contributed by atoms with Gasteiger partial charge >= 0.3 is 0 Å². The summed E-state index contributed by atoms with van der Waals surface area (Å²) < 4.78 is 1.06. The van der Waals surface area contributed by atoms with E-state index in [2.05, 4.69) is 28.1 Å². The first-order chi connectivity index (χ1) is 8.70. The maximum atomic E-state index is 12.0. The summed E-state index contributed by atoms with van der Waals surface area (Å²) in [4.78, 5) is 13.9. The molecule has 1 aliphatic carbocycles. The number of amides is 1. The van der Waals surface area contributed by atoms with Crippen LogP contribution in [0, 0.1) is 0 Å². The first-order valence-corrected chi connectivity index (χ1v) is 7.24. The second-order valence-corrected chi connectivity index (χ2v) is 5.71.